The van der Waals surface area contributed by atoms with Crippen LogP contribution in [0.4, 0.5) is 24.5 Å². The molecule has 0 N–H and O–H groups in total. The summed E-state index contributed by atoms with van der Waals surface area (Å²) >= 11 is 0. The quantitative estimate of drug-likeness (QED) is 0.277. The Kier molecular flexibility index (Phi) is 8.39. The van der Waals surface area contributed by atoms with E-state index in [0.717, 1.165) is 23.9 Å². The van der Waals surface area contributed by atoms with Crippen LogP contribution in [0.1, 0.15) is 31.9 Å². The molecule has 3 rings (SSSR count). The maximum absolute atomic E-state index is 13.1. The summed E-state index contributed by atoms with van der Waals surface area (Å²) in [6, 6.07) is 18.5. The lowest BCUT2D eigenvalue weighted by Gasteiger charge is -2.25. The zero-order chi connectivity index (χ0) is 28.3. The Hall–Kier alpha value is -4.01. The summed E-state index contributed by atoms with van der Waals surface area (Å²) in [5.74, 6) is -2.20. The van der Waals surface area contributed by atoms with Gasteiger partial charge in [-0.2, -0.15) is 0 Å². The molecule has 0 radical (unpaired) electrons. The van der Waals surface area contributed by atoms with Crippen molar-refractivity contribution >= 4 is 23.3 Å². The number of anilines is 2. The second-order valence-corrected chi connectivity index (χ2v) is 10.00. The van der Waals surface area contributed by atoms with Crippen LogP contribution in [-0.4, -0.2) is 39.4 Å². The molecule has 3 aromatic carbocycles. The average molecular weight is 529 g/mol. The summed E-state index contributed by atoms with van der Waals surface area (Å²) in [5, 5.41) is 0. The molecule has 0 aliphatic heterocycles. The number of halogens is 3. The fourth-order valence-corrected chi connectivity index (χ4v) is 3.92. The maximum Gasteiger partial charge on any atom is 0.573 e. The monoisotopic (exact) mass is 528 g/mol. The third kappa shape index (κ3) is 7.06. The molecule has 0 aliphatic rings. The number of benzene rings is 3. The highest BCUT2D eigenvalue weighted by molar-refractivity contribution is 6.38. The van der Waals surface area contributed by atoms with Gasteiger partial charge in [0.15, 0.2) is 0 Å². The summed E-state index contributed by atoms with van der Waals surface area (Å²) in [5.41, 5.74) is 4.33. The second-order valence-electron chi connectivity index (χ2n) is 10.00. The Bertz CT molecular complexity index is 1280. The molecule has 0 spiro atoms. The minimum absolute atomic E-state index is 0.0440. The van der Waals surface area contributed by atoms with Crippen LogP contribution < -0.4 is 14.5 Å². The van der Waals surface area contributed by atoms with Gasteiger partial charge in [-0.3, -0.25) is 9.69 Å². The van der Waals surface area contributed by atoms with Gasteiger partial charge in [0.05, 0.1) is 13.7 Å². The number of hydrogen-bond donors (Lipinski definition) is 0. The number of methoxy groups -OCH3 is 1. The Morgan fingerprint density at radius 1 is 0.868 bits per heavy atom. The van der Waals surface area contributed by atoms with Crippen molar-refractivity contribution in [3.8, 4) is 16.9 Å². The van der Waals surface area contributed by atoms with Gasteiger partial charge in [-0.15, -0.1) is 13.2 Å². The lowest BCUT2D eigenvalue weighted by atomic mass is 9.87. The van der Waals surface area contributed by atoms with Crippen LogP contribution in [0.3, 0.4) is 0 Å². The average Bonchev–Trinajstić information content (AvgIpc) is 2.85. The molecule has 202 valence electrons. The second kappa shape index (κ2) is 11.2. The highest BCUT2D eigenvalue weighted by Gasteiger charge is 2.31. The van der Waals surface area contributed by atoms with E-state index in [1.165, 1.54) is 29.2 Å². The van der Waals surface area contributed by atoms with E-state index < -0.39 is 18.2 Å². The first-order valence-corrected chi connectivity index (χ1v) is 11.9. The van der Waals surface area contributed by atoms with Crippen molar-refractivity contribution < 1.29 is 32.2 Å². The Morgan fingerprint density at radius 2 is 1.47 bits per heavy atom. The molecule has 0 bridgehead atoms. The maximum atomic E-state index is 13.1. The molecule has 0 heterocycles. The SMILES string of the molecule is COC(=O)C(=O)N(Cc1ccc(C(C)(C)C)cc1)c1ccc(N(C)C)c(-c2ccc(OC(F)(F)F)cc2)c1. The van der Waals surface area contributed by atoms with Gasteiger partial charge in [0.2, 0.25) is 0 Å². The van der Waals surface area contributed by atoms with E-state index in [0.29, 0.717) is 16.8 Å². The normalized spacial score (nSPS) is 11.6. The molecule has 3 aromatic rings. The summed E-state index contributed by atoms with van der Waals surface area (Å²) in [4.78, 5) is 28.5. The molecular formula is C29H31F3N2O4. The molecule has 6 nitrogen and oxygen atoms in total. The summed E-state index contributed by atoms with van der Waals surface area (Å²) in [6.45, 7) is 6.41. The molecule has 9 heteroatoms. The lowest BCUT2D eigenvalue weighted by molar-refractivity contribution is -0.274. The molecule has 0 aromatic heterocycles. The fourth-order valence-electron chi connectivity index (χ4n) is 3.92. The first kappa shape index (κ1) is 28.6. The van der Waals surface area contributed by atoms with Gasteiger partial charge in [0, 0.05) is 31.0 Å². The fraction of sp³-hybridized carbons (Fsp3) is 0.310. The summed E-state index contributed by atoms with van der Waals surface area (Å²) < 4.78 is 46.5. The number of hydrogen-bond acceptors (Lipinski definition) is 5. The van der Waals surface area contributed by atoms with Crippen LogP contribution >= 0.6 is 0 Å². The molecule has 38 heavy (non-hydrogen) atoms. The van der Waals surface area contributed by atoms with Crippen LogP contribution in [0.15, 0.2) is 66.7 Å². The van der Waals surface area contributed by atoms with Crippen LogP contribution in [0, 0.1) is 0 Å². The van der Waals surface area contributed by atoms with Gasteiger partial charge in [-0.05, 0) is 52.4 Å². The van der Waals surface area contributed by atoms with Crippen molar-refractivity contribution in [2.24, 2.45) is 0 Å². The minimum Gasteiger partial charge on any atom is -0.462 e. The number of rotatable bonds is 6. The largest absolute Gasteiger partial charge is 0.573 e. The van der Waals surface area contributed by atoms with Crippen molar-refractivity contribution in [1.82, 2.24) is 0 Å². The van der Waals surface area contributed by atoms with Crippen LogP contribution in [0.2, 0.25) is 0 Å². The number of amides is 1. The zero-order valence-corrected chi connectivity index (χ0v) is 22.2. The van der Waals surface area contributed by atoms with E-state index in [2.05, 4.69) is 25.5 Å². The van der Waals surface area contributed by atoms with Crippen molar-refractivity contribution in [1.29, 1.82) is 0 Å². The molecule has 1 amide bonds. The van der Waals surface area contributed by atoms with E-state index in [4.69, 9.17) is 4.74 Å². The minimum atomic E-state index is -4.80. The third-order valence-corrected chi connectivity index (χ3v) is 5.94. The Morgan fingerprint density at radius 3 is 1.97 bits per heavy atom. The molecule has 0 saturated heterocycles. The number of esters is 1. The van der Waals surface area contributed by atoms with Crippen LogP contribution in [-0.2, 0) is 26.3 Å². The number of carbonyl (C=O) groups is 2. The topological polar surface area (TPSA) is 59.1 Å². The first-order valence-electron chi connectivity index (χ1n) is 11.9. The van der Waals surface area contributed by atoms with Crippen LogP contribution in [0.5, 0.6) is 5.75 Å². The zero-order valence-electron chi connectivity index (χ0n) is 22.2. The summed E-state index contributed by atoms with van der Waals surface area (Å²) in [6.07, 6.45) is -4.80. The smallest absolute Gasteiger partial charge is 0.462 e. The van der Waals surface area contributed by atoms with Crippen molar-refractivity contribution in [2.45, 2.75) is 39.1 Å². The Labute approximate surface area is 220 Å². The van der Waals surface area contributed by atoms with Crippen molar-refractivity contribution in [3.05, 3.63) is 77.9 Å². The van der Waals surface area contributed by atoms with E-state index >= 15 is 0 Å². The van der Waals surface area contributed by atoms with E-state index in [9.17, 15) is 22.8 Å². The van der Waals surface area contributed by atoms with E-state index in [-0.39, 0.29) is 17.7 Å². The first-order chi connectivity index (χ1) is 17.7. The summed E-state index contributed by atoms with van der Waals surface area (Å²) in [7, 11) is 4.79. The number of carbonyl (C=O) groups excluding carboxylic acids is 2. The van der Waals surface area contributed by atoms with Gasteiger partial charge in [0.1, 0.15) is 5.75 Å². The predicted octanol–water partition coefficient (Wildman–Crippen LogP) is 6.32. The van der Waals surface area contributed by atoms with Gasteiger partial charge in [-0.25, -0.2) is 4.79 Å². The standard InChI is InChI=1S/C29H31F3N2O4/c1-28(2,3)21-11-7-19(8-12-21)18-34(26(35)27(36)37-6)22-13-16-25(33(4)5)24(17-22)20-9-14-23(15-10-20)38-29(30,31)32/h7-17H,18H2,1-6H3. The number of alkyl halides is 3. The van der Waals surface area contributed by atoms with Gasteiger partial charge >= 0.3 is 18.2 Å². The van der Waals surface area contributed by atoms with Gasteiger partial charge < -0.3 is 14.4 Å². The van der Waals surface area contributed by atoms with Gasteiger partial charge in [-0.1, -0.05) is 57.2 Å². The van der Waals surface area contributed by atoms with E-state index in [1.807, 2.05) is 43.3 Å². The third-order valence-electron chi connectivity index (χ3n) is 5.94. The molecule has 0 unspecified atom stereocenters. The molecular weight excluding hydrogens is 497 g/mol. The highest BCUT2D eigenvalue weighted by Crippen LogP contribution is 2.36. The van der Waals surface area contributed by atoms with Crippen molar-refractivity contribution in [2.75, 3.05) is 31.0 Å². The lowest BCUT2D eigenvalue weighted by Crippen LogP contribution is -2.37. The molecule has 0 fully saturated rings. The molecule has 0 aliphatic carbocycles. The Balaban J connectivity index is 2.05. The van der Waals surface area contributed by atoms with Gasteiger partial charge in [0.25, 0.3) is 0 Å². The molecule has 0 saturated carbocycles. The van der Waals surface area contributed by atoms with Crippen molar-refractivity contribution in [3.63, 3.8) is 0 Å². The predicted molar refractivity (Wildman–Crippen MR) is 141 cm³/mol. The molecule has 0 atom stereocenters. The van der Waals surface area contributed by atoms with Crippen LogP contribution in [0.25, 0.3) is 11.1 Å². The number of ether oxygens (including phenoxy) is 2. The number of nitrogens with zero attached hydrogens (tertiary/aromatic N) is 2. The highest BCUT2D eigenvalue weighted by atomic mass is 19.4. The van der Waals surface area contributed by atoms with E-state index in [1.54, 1.807) is 18.2 Å².